The molecule has 1 aliphatic rings. The summed E-state index contributed by atoms with van der Waals surface area (Å²) in [5, 5.41) is 9.48. The molecule has 0 radical (unpaired) electrons. The van der Waals surface area contributed by atoms with Crippen LogP contribution in [-0.4, -0.2) is 62.8 Å². The molecule has 3 atom stereocenters. The van der Waals surface area contributed by atoms with Gasteiger partial charge in [0.1, 0.15) is 12.4 Å². The van der Waals surface area contributed by atoms with E-state index in [2.05, 4.69) is 22.9 Å². The maximum atomic E-state index is 13.2. The third kappa shape index (κ3) is 6.83. The molecule has 0 aromatic heterocycles. The van der Waals surface area contributed by atoms with Crippen LogP contribution in [0.15, 0.2) is 42.5 Å². The van der Waals surface area contributed by atoms with Gasteiger partial charge < -0.3 is 30.3 Å². The number of anilines is 2. The molecule has 0 saturated heterocycles. The molecule has 3 amide bonds. The first-order valence-corrected chi connectivity index (χ1v) is 11.3. The number of carbonyl (C=O) groups is 2. The van der Waals surface area contributed by atoms with Crippen molar-refractivity contribution < 1.29 is 19.1 Å². The van der Waals surface area contributed by atoms with E-state index in [1.54, 1.807) is 61.5 Å². The molecular formula is C24H31ClN4O4. The van der Waals surface area contributed by atoms with E-state index >= 15 is 0 Å². The molecule has 8 nitrogen and oxygen atoms in total. The number of halogens is 1. The maximum absolute atomic E-state index is 13.2. The number of hydrogen-bond donors (Lipinski definition) is 3. The van der Waals surface area contributed by atoms with E-state index in [1.165, 1.54) is 0 Å². The first kappa shape index (κ1) is 24.8. The highest BCUT2D eigenvalue weighted by molar-refractivity contribution is 6.30. The van der Waals surface area contributed by atoms with Crippen molar-refractivity contribution in [2.45, 2.75) is 26.0 Å². The van der Waals surface area contributed by atoms with E-state index in [-0.39, 0.29) is 24.0 Å². The molecule has 3 rings (SSSR count). The fraction of sp³-hybridized carbons (Fsp3) is 0.417. The summed E-state index contributed by atoms with van der Waals surface area (Å²) in [7, 11) is 3.41. The largest absolute Gasteiger partial charge is 0.491 e. The second kappa shape index (κ2) is 11.4. The summed E-state index contributed by atoms with van der Waals surface area (Å²) in [4.78, 5) is 27.2. The number of likely N-dealkylation sites (N-methyl/N-ethyl adjacent to an activating group) is 1. The molecule has 178 valence electrons. The van der Waals surface area contributed by atoms with Gasteiger partial charge in [-0.3, -0.25) is 4.79 Å². The van der Waals surface area contributed by atoms with Crippen LogP contribution < -0.4 is 20.7 Å². The summed E-state index contributed by atoms with van der Waals surface area (Å²) in [6.45, 7) is 5.68. The smallest absolute Gasteiger partial charge is 0.323 e. The zero-order valence-electron chi connectivity index (χ0n) is 19.4. The van der Waals surface area contributed by atoms with Crippen LogP contribution in [0, 0.1) is 5.92 Å². The highest BCUT2D eigenvalue weighted by atomic mass is 35.5. The fourth-order valence-corrected chi connectivity index (χ4v) is 3.78. The van der Waals surface area contributed by atoms with E-state index in [0.717, 1.165) is 6.54 Å². The van der Waals surface area contributed by atoms with Crippen molar-refractivity contribution in [3.05, 3.63) is 53.1 Å². The molecule has 3 N–H and O–H groups in total. The maximum Gasteiger partial charge on any atom is 0.323 e. The van der Waals surface area contributed by atoms with Crippen molar-refractivity contribution in [2.75, 3.05) is 44.5 Å². The number of carbonyl (C=O) groups excluding carboxylic acids is 2. The number of ether oxygens (including phenoxy) is 2. The molecule has 0 spiro atoms. The van der Waals surface area contributed by atoms with Crippen LogP contribution in [0.5, 0.6) is 5.75 Å². The van der Waals surface area contributed by atoms with Crippen LogP contribution in [-0.2, 0) is 4.74 Å². The highest BCUT2D eigenvalue weighted by Crippen LogP contribution is 2.26. The Kier molecular flexibility index (Phi) is 8.55. The standard InChI is InChI=1S/C24H31ClN4O4/c1-15-12-26-16(2)14-33-21-11-19(28-24(31)27-18-7-5-6-17(25)10-18)8-9-20(21)23(30)29(3)13-22(15)32-4/h5-11,15-16,22,26H,12-14H2,1-4H3,(H2,27,28,31)/t15-,16+,22-/m1/s1. The van der Waals surface area contributed by atoms with Crippen molar-refractivity contribution >= 4 is 34.9 Å². The summed E-state index contributed by atoms with van der Waals surface area (Å²) in [6.07, 6.45) is -0.0985. The number of hydrogen-bond acceptors (Lipinski definition) is 5. The number of benzene rings is 2. The molecule has 0 aliphatic carbocycles. The van der Waals surface area contributed by atoms with Crippen LogP contribution in [0.2, 0.25) is 5.02 Å². The Morgan fingerprint density at radius 2 is 1.91 bits per heavy atom. The number of methoxy groups -OCH3 is 1. The zero-order chi connectivity index (χ0) is 24.0. The molecule has 33 heavy (non-hydrogen) atoms. The number of nitrogens with one attached hydrogen (secondary N) is 3. The van der Waals surface area contributed by atoms with Crippen molar-refractivity contribution in [3.63, 3.8) is 0 Å². The Hall–Kier alpha value is -2.81. The summed E-state index contributed by atoms with van der Waals surface area (Å²) in [6, 6.07) is 11.5. The molecule has 2 aromatic rings. The number of urea groups is 1. The van der Waals surface area contributed by atoms with Gasteiger partial charge in [0.05, 0.1) is 11.7 Å². The van der Waals surface area contributed by atoms with Gasteiger partial charge >= 0.3 is 6.03 Å². The van der Waals surface area contributed by atoms with E-state index in [1.807, 2.05) is 6.92 Å². The molecule has 0 unspecified atom stereocenters. The van der Waals surface area contributed by atoms with E-state index in [0.29, 0.717) is 40.9 Å². The molecular weight excluding hydrogens is 444 g/mol. The monoisotopic (exact) mass is 474 g/mol. The third-order valence-electron chi connectivity index (χ3n) is 5.57. The summed E-state index contributed by atoms with van der Waals surface area (Å²) in [5.41, 5.74) is 1.49. The second-order valence-corrected chi connectivity index (χ2v) is 8.79. The minimum atomic E-state index is -0.430. The molecule has 0 saturated carbocycles. The van der Waals surface area contributed by atoms with Gasteiger partial charge in [-0.2, -0.15) is 0 Å². The van der Waals surface area contributed by atoms with Crippen molar-refractivity contribution in [1.29, 1.82) is 0 Å². The number of fused-ring (bicyclic) bond motifs is 1. The Morgan fingerprint density at radius 3 is 2.61 bits per heavy atom. The van der Waals surface area contributed by atoms with Crippen LogP contribution in [0.3, 0.4) is 0 Å². The van der Waals surface area contributed by atoms with Gasteiger partial charge in [0.2, 0.25) is 0 Å². The van der Waals surface area contributed by atoms with Gasteiger partial charge in [0, 0.05) is 55.8 Å². The molecule has 9 heteroatoms. The molecule has 2 aromatic carbocycles. The topological polar surface area (TPSA) is 91.9 Å². The first-order valence-electron chi connectivity index (χ1n) is 10.9. The van der Waals surface area contributed by atoms with Crippen LogP contribution >= 0.6 is 11.6 Å². The Balaban J connectivity index is 1.80. The first-order chi connectivity index (χ1) is 15.8. The zero-order valence-corrected chi connectivity index (χ0v) is 20.1. The lowest BCUT2D eigenvalue weighted by atomic mass is 10.0. The van der Waals surface area contributed by atoms with Gasteiger partial charge in [-0.05, 0) is 43.2 Å². The molecule has 1 heterocycles. The Morgan fingerprint density at radius 1 is 1.18 bits per heavy atom. The average molecular weight is 475 g/mol. The number of amides is 3. The lowest BCUT2D eigenvalue weighted by molar-refractivity contribution is 0.0281. The second-order valence-electron chi connectivity index (χ2n) is 8.36. The number of nitrogens with zero attached hydrogens (tertiary/aromatic N) is 1. The summed E-state index contributed by atoms with van der Waals surface area (Å²) < 4.78 is 11.6. The summed E-state index contributed by atoms with van der Waals surface area (Å²) >= 11 is 5.97. The lowest BCUT2D eigenvalue weighted by Gasteiger charge is -2.30. The molecule has 0 fully saturated rings. The van der Waals surface area contributed by atoms with E-state index in [9.17, 15) is 9.59 Å². The Bertz CT molecular complexity index is 987. The van der Waals surface area contributed by atoms with Gasteiger partial charge in [-0.25, -0.2) is 4.79 Å². The SMILES string of the molecule is CO[C@@H]1CN(C)C(=O)c2ccc(NC(=O)Nc3cccc(Cl)c3)cc2OC[C@H](C)NC[C@H]1C. The van der Waals surface area contributed by atoms with Crippen molar-refractivity contribution in [3.8, 4) is 5.75 Å². The van der Waals surface area contributed by atoms with Crippen LogP contribution in [0.1, 0.15) is 24.2 Å². The van der Waals surface area contributed by atoms with Crippen LogP contribution in [0.4, 0.5) is 16.2 Å². The minimum Gasteiger partial charge on any atom is -0.491 e. The minimum absolute atomic E-state index is 0.0628. The van der Waals surface area contributed by atoms with Gasteiger partial charge in [0.25, 0.3) is 5.91 Å². The van der Waals surface area contributed by atoms with E-state index in [4.69, 9.17) is 21.1 Å². The van der Waals surface area contributed by atoms with Crippen molar-refractivity contribution in [2.24, 2.45) is 5.92 Å². The van der Waals surface area contributed by atoms with Gasteiger partial charge in [-0.1, -0.05) is 24.6 Å². The Labute approximate surface area is 199 Å². The normalized spacial score (nSPS) is 21.8. The van der Waals surface area contributed by atoms with Crippen molar-refractivity contribution in [1.82, 2.24) is 10.2 Å². The molecule has 1 aliphatic heterocycles. The van der Waals surface area contributed by atoms with Gasteiger partial charge in [-0.15, -0.1) is 0 Å². The van der Waals surface area contributed by atoms with Gasteiger partial charge in [0.15, 0.2) is 0 Å². The lowest BCUT2D eigenvalue weighted by Crippen LogP contribution is -2.44. The number of rotatable bonds is 3. The predicted octanol–water partition coefficient (Wildman–Crippen LogP) is 4.08. The quantitative estimate of drug-likeness (QED) is 0.623. The van der Waals surface area contributed by atoms with E-state index < -0.39 is 6.03 Å². The molecule has 0 bridgehead atoms. The fourth-order valence-electron chi connectivity index (χ4n) is 3.59. The highest BCUT2D eigenvalue weighted by Gasteiger charge is 2.25. The average Bonchev–Trinajstić information content (AvgIpc) is 2.78. The van der Waals surface area contributed by atoms with Crippen LogP contribution in [0.25, 0.3) is 0 Å². The summed E-state index contributed by atoms with van der Waals surface area (Å²) in [5.74, 6) is 0.454. The third-order valence-corrected chi connectivity index (χ3v) is 5.80. The predicted molar refractivity (Wildman–Crippen MR) is 130 cm³/mol.